The Hall–Kier alpha value is -2.16. The molecule has 1 aliphatic rings. The number of nitrogens with one attached hydrogen (secondary N) is 2. The topological polar surface area (TPSA) is 91.6 Å². The molecule has 1 aliphatic heterocycles. The molecule has 0 atom stereocenters. The Labute approximate surface area is 166 Å². The van der Waals surface area contributed by atoms with E-state index in [0.717, 1.165) is 31.1 Å². The first-order valence-electron chi connectivity index (χ1n) is 9.49. The third-order valence-corrected chi connectivity index (χ3v) is 6.38. The second kappa shape index (κ2) is 8.89. The van der Waals surface area contributed by atoms with E-state index in [1.807, 2.05) is 12.1 Å². The van der Waals surface area contributed by atoms with Crippen LogP contribution in [0.4, 0.5) is 0 Å². The third kappa shape index (κ3) is 5.21. The van der Waals surface area contributed by atoms with E-state index in [9.17, 15) is 13.2 Å². The minimum atomic E-state index is -3.70. The van der Waals surface area contributed by atoms with E-state index in [0.29, 0.717) is 6.54 Å². The van der Waals surface area contributed by atoms with Crippen molar-refractivity contribution in [3.05, 3.63) is 53.3 Å². The number of sulfonamides is 1. The number of carbonyl (C=O) groups excluding carboxylic acids is 1. The van der Waals surface area contributed by atoms with Crippen LogP contribution in [-0.2, 0) is 23.1 Å². The van der Waals surface area contributed by atoms with Crippen molar-refractivity contribution in [3.8, 4) is 0 Å². The summed E-state index contributed by atoms with van der Waals surface area (Å²) >= 11 is 0. The molecule has 0 unspecified atom stereocenters. The van der Waals surface area contributed by atoms with Gasteiger partial charge in [0.1, 0.15) is 0 Å². The van der Waals surface area contributed by atoms with Crippen molar-refractivity contribution < 1.29 is 17.6 Å². The SMILES string of the molecule is CNS(=O)(=O)c1ccc(C(=O)NCc2ccc(CN3CCC(C)CC3)cc2)o1. The lowest BCUT2D eigenvalue weighted by Gasteiger charge is -2.30. The van der Waals surface area contributed by atoms with Gasteiger partial charge in [0.05, 0.1) is 0 Å². The predicted molar refractivity (Wildman–Crippen MR) is 106 cm³/mol. The van der Waals surface area contributed by atoms with Gasteiger partial charge in [-0.25, -0.2) is 13.1 Å². The predicted octanol–water partition coefficient (Wildman–Crippen LogP) is 2.35. The molecule has 2 heterocycles. The molecular formula is C20H27N3O4S. The largest absolute Gasteiger partial charge is 0.438 e. The quantitative estimate of drug-likeness (QED) is 0.738. The van der Waals surface area contributed by atoms with E-state index < -0.39 is 15.9 Å². The van der Waals surface area contributed by atoms with Crippen LogP contribution in [0.25, 0.3) is 0 Å². The summed E-state index contributed by atoms with van der Waals surface area (Å²) in [7, 11) is -2.41. The normalized spacial score (nSPS) is 16.2. The van der Waals surface area contributed by atoms with Crippen molar-refractivity contribution in [1.29, 1.82) is 0 Å². The highest BCUT2D eigenvalue weighted by Crippen LogP contribution is 2.18. The van der Waals surface area contributed by atoms with E-state index in [1.165, 1.54) is 37.6 Å². The van der Waals surface area contributed by atoms with Crippen LogP contribution in [0.1, 0.15) is 41.4 Å². The van der Waals surface area contributed by atoms with Crippen LogP contribution < -0.4 is 10.0 Å². The Bertz CT molecular complexity index is 898. The molecule has 2 N–H and O–H groups in total. The summed E-state index contributed by atoms with van der Waals surface area (Å²) in [6.07, 6.45) is 2.52. The fourth-order valence-corrected chi connectivity index (χ4v) is 3.85. The number of nitrogens with zero attached hydrogens (tertiary/aromatic N) is 1. The van der Waals surface area contributed by atoms with Gasteiger partial charge in [-0.05, 0) is 62.2 Å². The molecule has 0 saturated carbocycles. The van der Waals surface area contributed by atoms with Crippen LogP contribution in [0.5, 0.6) is 0 Å². The van der Waals surface area contributed by atoms with Gasteiger partial charge in [0.2, 0.25) is 5.09 Å². The second-order valence-corrected chi connectivity index (χ2v) is 9.10. The van der Waals surface area contributed by atoms with E-state index >= 15 is 0 Å². The Morgan fingerprint density at radius 1 is 1.11 bits per heavy atom. The minimum absolute atomic E-state index is 0.0372. The summed E-state index contributed by atoms with van der Waals surface area (Å²) in [5.74, 6) is 0.333. The highest BCUT2D eigenvalue weighted by atomic mass is 32.2. The summed E-state index contributed by atoms with van der Waals surface area (Å²) in [5.41, 5.74) is 2.23. The van der Waals surface area contributed by atoms with Crippen molar-refractivity contribution in [1.82, 2.24) is 14.9 Å². The van der Waals surface area contributed by atoms with E-state index in [4.69, 9.17) is 4.42 Å². The number of carbonyl (C=O) groups is 1. The lowest BCUT2D eigenvalue weighted by atomic mass is 9.99. The Kier molecular flexibility index (Phi) is 6.53. The molecule has 0 radical (unpaired) electrons. The molecule has 0 bridgehead atoms. The number of piperidine rings is 1. The number of likely N-dealkylation sites (tertiary alicyclic amines) is 1. The Balaban J connectivity index is 1.51. The van der Waals surface area contributed by atoms with Crippen LogP contribution in [0, 0.1) is 5.92 Å². The maximum absolute atomic E-state index is 12.2. The van der Waals surface area contributed by atoms with Gasteiger partial charge in [-0.1, -0.05) is 31.2 Å². The summed E-state index contributed by atoms with van der Waals surface area (Å²) in [4.78, 5) is 14.7. The standard InChI is InChI=1S/C20H27N3O4S/c1-15-9-11-23(12-10-15)14-17-5-3-16(4-6-17)13-22-20(24)18-7-8-19(27-18)28(25,26)21-2/h3-8,15,21H,9-14H2,1-2H3,(H,22,24). The molecule has 7 nitrogen and oxygen atoms in total. The van der Waals surface area contributed by atoms with Crippen molar-refractivity contribution in [2.75, 3.05) is 20.1 Å². The van der Waals surface area contributed by atoms with Crippen molar-refractivity contribution in [2.45, 2.75) is 37.9 Å². The van der Waals surface area contributed by atoms with Crippen LogP contribution in [0.3, 0.4) is 0 Å². The first kappa shape index (κ1) is 20.6. The van der Waals surface area contributed by atoms with E-state index in [2.05, 4.69) is 34.0 Å². The Morgan fingerprint density at radius 3 is 2.39 bits per heavy atom. The lowest BCUT2D eigenvalue weighted by molar-refractivity contribution is 0.0918. The van der Waals surface area contributed by atoms with Crippen LogP contribution >= 0.6 is 0 Å². The fraction of sp³-hybridized carbons (Fsp3) is 0.450. The highest BCUT2D eigenvalue weighted by Gasteiger charge is 2.19. The number of hydrogen-bond donors (Lipinski definition) is 2. The maximum atomic E-state index is 12.2. The monoisotopic (exact) mass is 405 g/mol. The average molecular weight is 406 g/mol. The zero-order valence-electron chi connectivity index (χ0n) is 16.3. The molecule has 8 heteroatoms. The van der Waals surface area contributed by atoms with Crippen LogP contribution in [-0.4, -0.2) is 39.4 Å². The first-order valence-corrected chi connectivity index (χ1v) is 11.0. The lowest BCUT2D eigenvalue weighted by Crippen LogP contribution is -2.32. The molecule has 152 valence electrons. The number of amides is 1. The van der Waals surface area contributed by atoms with Crippen molar-refractivity contribution in [3.63, 3.8) is 0 Å². The van der Waals surface area contributed by atoms with Gasteiger partial charge in [-0.2, -0.15) is 0 Å². The summed E-state index contributed by atoms with van der Waals surface area (Å²) in [6, 6.07) is 10.8. The maximum Gasteiger partial charge on any atom is 0.287 e. The van der Waals surface area contributed by atoms with Gasteiger partial charge in [-0.3, -0.25) is 9.69 Å². The van der Waals surface area contributed by atoms with E-state index in [1.54, 1.807) is 0 Å². The molecule has 1 fully saturated rings. The molecule has 0 aliphatic carbocycles. The average Bonchev–Trinajstić information content (AvgIpc) is 3.20. The molecule has 0 spiro atoms. The van der Waals surface area contributed by atoms with Gasteiger partial charge in [0.15, 0.2) is 5.76 Å². The summed E-state index contributed by atoms with van der Waals surface area (Å²) < 4.78 is 30.6. The zero-order valence-corrected chi connectivity index (χ0v) is 17.1. The number of benzene rings is 1. The first-order chi connectivity index (χ1) is 13.4. The van der Waals surface area contributed by atoms with Crippen LogP contribution in [0.15, 0.2) is 45.9 Å². The zero-order chi connectivity index (χ0) is 20.1. The Morgan fingerprint density at radius 2 is 1.75 bits per heavy atom. The van der Waals surface area contributed by atoms with Gasteiger partial charge in [-0.15, -0.1) is 0 Å². The van der Waals surface area contributed by atoms with Gasteiger partial charge >= 0.3 is 0 Å². The summed E-state index contributed by atoms with van der Waals surface area (Å²) in [5, 5.41) is 2.46. The number of rotatable bonds is 7. The van der Waals surface area contributed by atoms with Gasteiger partial charge in [0.25, 0.3) is 15.9 Å². The van der Waals surface area contributed by atoms with E-state index in [-0.39, 0.29) is 10.9 Å². The highest BCUT2D eigenvalue weighted by molar-refractivity contribution is 7.89. The fourth-order valence-electron chi connectivity index (χ4n) is 3.20. The molecule has 28 heavy (non-hydrogen) atoms. The second-order valence-electron chi connectivity index (χ2n) is 7.28. The molecule has 1 aromatic heterocycles. The number of hydrogen-bond acceptors (Lipinski definition) is 5. The third-order valence-electron chi connectivity index (χ3n) is 5.10. The van der Waals surface area contributed by atoms with Gasteiger partial charge in [0, 0.05) is 13.1 Å². The molecule has 2 aromatic rings. The van der Waals surface area contributed by atoms with Crippen molar-refractivity contribution >= 4 is 15.9 Å². The molecular weight excluding hydrogens is 378 g/mol. The van der Waals surface area contributed by atoms with Crippen LogP contribution in [0.2, 0.25) is 0 Å². The number of furan rings is 1. The molecule has 1 saturated heterocycles. The molecule has 3 rings (SSSR count). The minimum Gasteiger partial charge on any atom is -0.438 e. The summed E-state index contributed by atoms with van der Waals surface area (Å²) in [6.45, 7) is 5.90. The van der Waals surface area contributed by atoms with Crippen molar-refractivity contribution in [2.24, 2.45) is 5.92 Å². The molecule has 1 amide bonds. The van der Waals surface area contributed by atoms with Gasteiger partial charge < -0.3 is 9.73 Å². The smallest absolute Gasteiger partial charge is 0.287 e. The molecule has 1 aromatic carbocycles.